The van der Waals surface area contributed by atoms with Crippen molar-refractivity contribution >= 4 is 56.5 Å². The molecule has 4 rings (SSSR count). The van der Waals surface area contributed by atoms with Crippen LogP contribution in [0.3, 0.4) is 0 Å². The minimum absolute atomic E-state index is 0.213. The van der Waals surface area contributed by atoms with Crippen LogP contribution in [0.5, 0.6) is 0 Å². The Kier molecular flexibility index (Phi) is 6.21. The number of thioether (sulfide) groups is 1. The van der Waals surface area contributed by atoms with Gasteiger partial charge in [0.1, 0.15) is 5.00 Å². The first-order valence-corrected chi connectivity index (χ1v) is 12.0. The fourth-order valence-corrected chi connectivity index (χ4v) is 5.46. The predicted octanol–water partition coefficient (Wildman–Crippen LogP) is 5.17. The third kappa shape index (κ3) is 3.98. The summed E-state index contributed by atoms with van der Waals surface area (Å²) in [4.78, 5) is 26.4. The number of pyridine rings is 1. The first kappa shape index (κ1) is 22.3. The van der Waals surface area contributed by atoms with E-state index in [1.807, 2.05) is 56.4 Å². The van der Waals surface area contributed by atoms with E-state index >= 15 is 0 Å². The van der Waals surface area contributed by atoms with E-state index in [4.69, 9.17) is 4.74 Å². The van der Waals surface area contributed by atoms with Gasteiger partial charge in [0.25, 0.3) is 0 Å². The van der Waals surface area contributed by atoms with Gasteiger partial charge in [-0.3, -0.25) is 9.20 Å². The Morgan fingerprint density at radius 1 is 1.22 bits per heavy atom. The molecule has 1 aromatic carbocycles. The molecule has 3 heterocycles. The van der Waals surface area contributed by atoms with E-state index in [1.165, 1.54) is 23.1 Å². The minimum Gasteiger partial charge on any atom is -0.462 e. The highest BCUT2D eigenvalue weighted by molar-refractivity contribution is 8.00. The molecule has 1 amide bonds. The Labute approximate surface area is 194 Å². The molecule has 1 atom stereocenters. The van der Waals surface area contributed by atoms with Crippen LogP contribution < -0.4 is 5.32 Å². The number of esters is 1. The maximum Gasteiger partial charge on any atom is 0.341 e. The van der Waals surface area contributed by atoms with Crippen LogP contribution in [0.25, 0.3) is 16.6 Å². The number of carbonyl (C=O) groups excluding carboxylic acids is 2. The van der Waals surface area contributed by atoms with Crippen molar-refractivity contribution in [2.75, 3.05) is 11.9 Å². The number of aromatic nitrogens is 3. The van der Waals surface area contributed by atoms with Gasteiger partial charge in [0.2, 0.25) is 5.91 Å². The molecule has 7 nitrogen and oxygen atoms in total. The van der Waals surface area contributed by atoms with Gasteiger partial charge in [-0.05, 0) is 57.9 Å². The molecule has 0 aliphatic carbocycles. The van der Waals surface area contributed by atoms with Crippen molar-refractivity contribution in [2.45, 2.75) is 45.0 Å². The zero-order valence-corrected chi connectivity index (χ0v) is 20.2. The van der Waals surface area contributed by atoms with Gasteiger partial charge >= 0.3 is 5.97 Å². The summed E-state index contributed by atoms with van der Waals surface area (Å²) in [5.74, 6) is -0.634. The number of nitrogens with one attached hydrogen (secondary N) is 1. The summed E-state index contributed by atoms with van der Waals surface area (Å²) in [5.41, 5.74) is 4.11. The number of amides is 1. The molecule has 0 fully saturated rings. The quantitative estimate of drug-likeness (QED) is 0.311. The number of anilines is 1. The number of benzene rings is 1. The number of aryl methyl sites for hydroxylation is 2. The predicted molar refractivity (Wildman–Crippen MR) is 129 cm³/mol. The van der Waals surface area contributed by atoms with E-state index in [0.717, 1.165) is 32.6 Å². The van der Waals surface area contributed by atoms with Crippen molar-refractivity contribution in [1.29, 1.82) is 0 Å². The summed E-state index contributed by atoms with van der Waals surface area (Å²) in [7, 11) is 0. The lowest BCUT2D eigenvalue weighted by atomic mass is 10.1. The summed E-state index contributed by atoms with van der Waals surface area (Å²) in [6, 6.07) is 10.1. The highest BCUT2D eigenvalue weighted by atomic mass is 32.2. The second kappa shape index (κ2) is 8.91. The normalized spacial score (nSPS) is 12.3. The lowest BCUT2D eigenvalue weighted by molar-refractivity contribution is -0.115. The summed E-state index contributed by atoms with van der Waals surface area (Å²) in [6.45, 7) is 9.69. The van der Waals surface area contributed by atoms with Crippen LogP contribution in [0.2, 0.25) is 0 Å². The molecule has 0 radical (unpaired) electrons. The maximum atomic E-state index is 13.0. The number of rotatable bonds is 6. The van der Waals surface area contributed by atoms with Crippen LogP contribution in [0.4, 0.5) is 5.00 Å². The van der Waals surface area contributed by atoms with E-state index < -0.39 is 11.2 Å². The van der Waals surface area contributed by atoms with Gasteiger partial charge in [-0.25, -0.2) is 4.79 Å². The van der Waals surface area contributed by atoms with E-state index in [1.54, 1.807) is 6.92 Å². The average Bonchev–Trinajstić information content (AvgIpc) is 3.28. The highest BCUT2D eigenvalue weighted by Gasteiger charge is 2.25. The first-order valence-electron chi connectivity index (χ1n) is 10.3. The van der Waals surface area contributed by atoms with Crippen molar-refractivity contribution in [3.63, 3.8) is 0 Å². The molecule has 0 spiro atoms. The lowest BCUT2D eigenvalue weighted by Gasteiger charge is -2.12. The summed E-state index contributed by atoms with van der Waals surface area (Å²) in [5, 5.41) is 13.4. The molecule has 1 unspecified atom stereocenters. The van der Waals surface area contributed by atoms with Crippen LogP contribution in [-0.4, -0.2) is 38.3 Å². The number of ether oxygens (including phenoxy) is 1. The highest BCUT2D eigenvalue weighted by Crippen LogP contribution is 2.34. The topological polar surface area (TPSA) is 85.6 Å². The molecule has 166 valence electrons. The van der Waals surface area contributed by atoms with E-state index in [0.29, 0.717) is 15.7 Å². The van der Waals surface area contributed by atoms with Crippen molar-refractivity contribution in [3.8, 4) is 0 Å². The van der Waals surface area contributed by atoms with Crippen molar-refractivity contribution in [2.24, 2.45) is 0 Å². The number of hydrogen-bond donors (Lipinski definition) is 1. The molecule has 32 heavy (non-hydrogen) atoms. The van der Waals surface area contributed by atoms with Gasteiger partial charge in [-0.15, -0.1) is 21.5 Å². The Bertz CT molecular complexity index is 1340. The molecule has 0 aliphatic rings. The fourth-order valence-electron chi connectivity index (χ4n) is 3.54. The smallest absolute Gasteiger partial charge is 0.341 e. The largest absolute Gasteiger partial charge is 0.462 e. The first-order chi connectivity index (χ1) is 15.3. The van der Waals surface area contributed by atoms with Gasteiger partial charge in [-0.1, -0.05) is 30.0 Å². The number of thiophene rings is 1. The number of carbonyl (C=O) groups is 2. The molecule has 4 aromatic rings. The maximum absolute atomic E-state index is 13.0. The molecule has 1 N–H and O–H groups in total. The SMILES string of the molecule is CCOC(=O)c1c(NC(=O)C(C)Sc2nnc3cc(C)c4ccccc4n23)sc(C)c1C. The Morgan fingerprint density at radius 2 is 1.97 bits per heavy atom. The van der Waals surface area contributed by atoms with E-state index in [-0.39, 0.29) is 12.5 Å². The van der Waals surface area contributed by atoms with Gasteiger partial charge in [0.15, 0.2) is 10.8 Å². The van der Waals surface area contributed by atoms with Crippen LogP contribution in [0.15, 0.2) is 35.5 Å². The minimum atomic E-state index is -0.458. The number of fused-ring (bicyclic) bond motifs is 3. The molecule has 9 heteroatoms. The van der Waals surface area contributed by atoms with E-state index in [9.17, 15) is 9.59 Å². The second-order valence-electron chi connectivity index (χ2n) is 7.48. The molecule has 0 aliphatic heterocycles. The standard InChI is InChI=1S/C23H24N4O3S2/c1-6-30-22(29)19-13(3)14(4)31-21(19)24-20(28)15(5)32-23-26-25-18-11-12(2)16-9-7-8-10-17(16)27(18)23/h7-11,15H,6H2,1-5H3,(H,24,28). The van der Waals surface area contributed by atoms with Crippen molar-refractivity contribution in [1.82, 2.24) is 14.6 Å². The van der Waals surface area contributed by atoms with Crippen LogP contribution in [-0.2, 0) is 9.53 Å². The number of nitrogens with zero attached hydrogens (tertiary/aromatic N) is 3. The van der Waals surface area contributed by atoms with Crippen LogP contribution in [0.1, 0.15) is 40.2 Å². The molecule has 0 saturated carbocycles. The molecule has 0 saturated heterocycles. The summed E-state index contributed by atoms with van der Waals surface area (Å²) < 4.78 is 7.15. The number of para-hydroxylation sites is 1. The zero-order valence-electron chi connectivity index (χ0n) is 18.6. The van der Waals surface area contributed by atoms with Crippen LogP contribution >= 0.6 is 23.1 Å². The molecular formula is C23H24N4O3S2. The van der Waals surface area contributed by atoms with E-state index in [2.05, 4.69) is 21.6 Å². The Balaban J connectivity index is 1.61. The average molecular weight is 469 g/mol. The second-order valence-corrected chi connectivity index (χ2v) is 10.0. The third-order valence-corrected chi connectivity index (χ3v) is 7.49. The monoisotopic (exact) mass is 468 g/mol. The fraction of sp³-hybridized carbons (Fsp3) is 0.304. The number of hydrogen-bond acceptors (Lipinski definition) is 7. The van der Waals surface area contributed by atoms with Crippen molar-refractivity contribution in [3.05, 3.63) is 51.9 Å². The molecule has 3 aromatic heterocycles. The molecular weight excluding hydrogens is 444 g/mol. The summed E-state index contributed by atoms with van der Waals surface area (Å²) in [6.07, 6.45) is 0. The van der Waals surface area contributed by atoms with Gasteiger partial charge < -0.3 is 10.1 Å². The van der Waals surface area contributed by atoms with Gasteiger partial charge in [0.05, 0.1) is 22.9 Å². The Hall–Kier alpha value is -2.91. The van der Waals surface area contributed by atoms with Crippen molar-refractivity contribution < 1.29 is 14.3 Å². The summed E-state index contributed by atoms with van der Waals surface area (Å²) >= 11 is 2.71. The lowest BCUT2D eigenvalue weighted by Crippen LogP contribution is -2.23. The zero-order chi connectivity index (χ0) is 23.0. The Morgan fingerprint density at radius 3 is 2.72 bits per heavy atom. The molecule has 0 bridgehead atoms. The third-order valence-electron chi connectivity index (χ3n) is 5.33. The van der Waals surface area contributed by atoms with Gasteiger partial charge in [-0.2, -0.15) is 0 Å². The van der Waals surface area contributed by atoms with Gasteiger partial charge in [0, 0.05) is 10.3 Å². The van der Waals surface area contributed by atoms with Crippen LogP contribution in [0, 0.1) is 20.8 Å².